The normalized spacial score (nSPS) is 23.1. The quantitative estimate of drug-likeness (QED) is 0.844. The van der Waals surface area contributed by atoms with Gasteiger partial charge in [-0.2, -0.15) is 0 Å². The van der Waals surface area contributed by atoms with Crippen LogP contribution >= 0.6 is 15.9 Å². The van der Waals surface area contributed by atoms with Crippen LogP contribution in [0.4, 0.5) is 5.69 Å². The maximum atomic E-state index is 12.3. The van der Waals surface area contributed by atoms with Crippen molar-refractivity contribution in [1.82, 2.24) is 10.2 Å². The Labute approximate surface area is 147 Å². The zero-order valence-electron chi connectivity index (χ0n) is 13.8. The van der Waals surface area contributed by atoms with Crippen molar-refractivity contribution in [2.24, 2.45) is 5.92 Å². The third-order valence-corrected chi connectivity index (χ3v) is 5.62. The molecular formula is C18H26BrN3O. The van der Waals surface area contributed by atoms with Crippen LogP contribution in [0.5, 0.6) is 0 Å². The van der Waals surface area contributed by atoms with Crippen LogP contribution in [0.25, 0.3) is 0 Å². The number of anilines is 1. The molecule has 0 aromatic heterocycles. The molecule has 1 amide bonds. The van der Waals surface area contributed by atoms with E-state index in [-0.39, 0.29) is 5.91 Å². The van der Waals surface area contributed by atoms with Gasteiger partial charge in [-0.25, -0.2) is 0 Å². The third kappa shape index (κ3) is 4.55. The van der Waals surface area contributed by atoms with Gasteiger partial charge in [0.25, 0.3) is 0 Å². The molecule has 2 aliphatic rings. The molecule has 0 spiro atoms. The monoisotopic (exact) mass is 379 g/mol. The lowest BCUT2D eigenvalue weighted by atomic mass is 9.88. The number of nitrogens with zero attached hydrogens (tertiary/aromatic N) is 1. The highest BCUT2D eigenvalue weighted by Crippen LogP contribution is 2.25. The Bertz CT molecular complexity index is 549. The first-order chi connectivity index (χ1) is 11.1. The van der Waals surface area contributed by atoms with Gasteiger partial charge in [-0.1, -0.05) is 15.9 Å². The molecule has 1 aromatic rings. The Kier molecular flexibility index (Phi) is 5.72. The van der Waals surface area contributed by atoms with E-state index in [9.17, 15) is 4.79 Å². The SMILES string of the molecule is Cc1cc(Br)ccc1NC(=O)CN1CCC(C2CCCN2)CC1. The number of rotatable bonds is 4. The second kappa shape index (κ2) is 7.77. The van der Waals surface area contributed by atoms with Crippen LogP contribution in [0.15, 0.2) is 22.7 Å². The van der Waals surface area contributed by atoms with E-state index in [4.69, 9.17) is 0 Å². The Morgan fingerprint density at radius 2 is 2.13 bits per heavy atom. The average Bonchev–Trinajstić information content (AvgIpc) is 3.05. The largest absolute Gasteiger partial charge is 0.325 e. The van der Waals surface area contributed by atoms with Gasteiger partial charge >= 0.3 is 0 Å². The zero-order chi connectivity index (χ0) is 16.2. The van der Waals surface area contributed by atoms with Crippen LogP contribution in [0.3, 0.4) is 0 Å². The first kappa shape index (κ1) is 16.9. The standard InChI is InChI=1S/C18H26BrN3O/c1-13-11-15(19)4-5-16(13)21-18(23)12-22-9-6-14(7-10-22)17-3-2-8-20-17/h4-5,11,14,17,20H,2-3,6-10,12H2,1H3,(H,21,23). The Hall–Kier alpha value is -0.910. The molecule has 3 rings (SSSR count). The highest BCUT2D eigenvalue weighted by atomic mass is 79.9. The number of nitrogens with one attached hydrogen (secondary N) is 2. The van der Waals surface area contributed by atoms with Crippen LogP contribution in [0.2, 0.25) is 0 Å². The highest BCUT2D eigenvalue weighted by molar-refractivity contribution is 9.10. The van der Waals surface area contributed by atoms with Crippen molar-refractivity contribution in [3.8, 4) is 0 Å². The number of amides is 1. The minimum atomic E-state index is 0.0906. The first-order valence-corrected chi connectivity index (χ1v) is 9.43. The summed E-state index contributed by atoms with van der Waals surface area (Å²) in [5.41, 5.74) is 1.99. The highest BCUT2D eigenvalue weighted by Gasteiger charge is 2.28. The number of likely N-dealkylation sites (tertiary alicyclic amines) is 1. The molecule has 126 valence electrons. The lowest BCUT2D eigenvalue weighted by molar-refractivity contribution is -0.117. The van der Waals surface area contributed by atoms with Gasteiger partial charge in [0, 0.05) is 16.2 Å². The molecular weight excluding hydrogens is 354 g/mol. The molecule has 2 aliphatic heterocycles. The predicted molar refractivity (Wildman–Crippen MR) is 97.7 cm³/mol. The van der Waals surface area contributed by atoms with Crippen molar-refractivity contribution in [3.63, 3.8) is 0 Å². The molecule has 4 nitrogen and oxygen atoms in total. The number of carbonyl (C=O) groups is 1. The van der Waals surface area contributed by atoms with E-state index in [0.717, 1.165) is 40.8 Å². The number of hydrogen-bond acceptors (Lipinski definition) is 3. The van der Waals surface area contributed by atoms with Crippen molar-refractivity contribution in [1.29, 1.82) is 0 Å². The van der Waals surface area contributed by atoms with E-state index >= 15 is 0 Å². The fourth-order valence-corrected chi connectivity index (χ4v) is 4.26. The number of piperidine rings is 1. The van der Waals surface area contributed by atoms with E-state index in [1.165, 1.54) is 32.2 Å². The molecule has 0 bridgehead atoms. The number of aryl methyl sites for hydroxylation is 1. The average molecular weight is 380 g/mol. The first-order valence-electron chi connectivity index (χ1n) is 8.63. The molecule has 2 heterocycles. The van der Waals surface area contributed by atoms with Crippen LogP contribution in [0, 0.1) is 12.8 Å². The van der Waals surface area contributed by atoms with Gasteiger partial charge in [0.2, 0.25) is 5.91 Å². The summed E-state index contributed by atoms with van der Waals surface area (Å²) in [7, 11) is 0. The van der Waals surface area contributed by atoms with E-state index in [2.05, 4.69) is 31.5 Å². The minimum absolute atomic E-state index is 0.0906. The maximum Gasteiger partial charge on any atom is 0.238 e. The van der Waals surface area contributed by atoms with E-state index in [0.29, 0.717) is 6.54 Å². The fourth-order valence-electron chi connectivity index (χ4n) is 3.79. The zero-order valence-corrected chi connectivity index (χ0v) is 15.4. The lowest BCUT2D eigenvalue weighted by Crippen LogP contribution is -2.43. The minimum Gasteiger partial charge on any atom is -0.325 e. The summed E-state index contributed by atoms with van der Waals surface area (Å²) in [6, 6.07) is 6.66. The Morgan fingerprint density at radius 1 is 1.35 bits per heavy atom. The summed E-state index contributed by atoms with van der Waals surface area (Å²) in [5.74, 6) is 0.887. The third-order valence-electron chi connectivity index (χ3n) is 5.13. The van der Waals surface area contributed by atoms with Crippen LogP contribution in [-0.2, 0) is 4.79 Å². The van der Waals surface area contributed by atoms with E-state index in [1.54, 1.807) is 0 Å². The van der Waals surface area contributed by atoms with Crippen LogP contribution < -0.4 is 10.6 Å². The van der Waals surface area contributed by atoms with Gasteiger partial charge in [-0.3, -0.25) is 9.69 Å². The Morgan fingerprint density at radius 3 is 2.78 bits per heavy atom. The molecule has 0 aliphatic carbocycles. The summed E-state index contributed by atoms with van der Waals surface area (Å²) < 4.78 is 1.04. The van der Waals surface area contributed by atoms with Gasteiger partial charge in [0.1, 0.15) is 0 Å². The van der Waals surface area contributed by atoms with Crippen LogP contribution in [0.1, 0.15) is 31.2 Å². The molecule has 5 heteroatoms. The van der Waals surface area contributed by atoms with Crippen molar-refractivity contribution >= 4 is 27.5 Å². The van der Waals surface area contributed by atoms with Gasteiger partial charge in [-0.05, 0) is 81.9 Å². The van der Waals surface area contributed by atoms with E-state index < -0.39 is 0 Å². The van der Waals surface area contributed by atoms with Crippen molar-refractivity contribution in [2.45, 2.75) is 38.6 Å². The van der Waals surface area contributed by atoms with Crippen molar-refractivity contribution in [3.05, 3.63) is 28.2 Å². The number of halogens is 1. The van der Waals surface area contributed by atoms with E-state index in [1.807, 2.05) is 25.1 Å². The van der Waals surface area contributed by atoms with Gasteiger partial charge in [0.05, 0.1) is 6.54 Å². The van der Waals surface area contributed by atoms with Crippen molar-refractivity contribution < 1.29 is 4.79 Å². The predicted octanol–water partition coefficient (Wildman–Crippen LogP) is 3.16. The summed E-state index contributed by atoms with van der Waals surface area (Å²) >= 11 is 3.45. The summed E-state index contributed by atoms with van der Waals surface area (Å²) in [6.45, 7) is 5.77. The molecule has 2 N–H and O–H groups in total. The summed E-state index contributed by atoms with van der Waals surface area (Å²) in [6.07, 6.45) is 5.07. The second-order valence-corrected chi connectivity index (χ2v) is 7.74. The maximum absolute atomic E-state index is 12.3. The molecule has 1 aromatic carbocycles. The van der Waals surface area contributed by atoms with Gasteiger partial charge < -0.3 is 10.6 Å². The molecule has 2 fully saturated rings. The molecule has 1 unspecified atom stereocenters. The molecule has 1 atom stereocenters. The topological polar surface area (TPSA) is 44.4 Å². The molecule has 23 heavy (non-hydrogen) atoms. The molecule has 0 radical (unpaired) electrons. The van der Waals surface area contributed by atoms with Crippen LogP contribution in [-0.4, -0.2) is 43.0 Å². The summed E-state index contributed by atoms with van der Waals surface area (Å²) in [4.78, 5) is 14.6. The smallest absolute Gasteiger partial charge is 0.238 e. The van der Waals surface area contributed by atoms with Crippen molar-refractivity contribution in [2.75, 3.05) is 31.5 Å². The summed E-state index contributed by atoms with van der Waals surface area (Å²) in [5, 5.41) is 6.66. The lowest BCUT2D eigenvalue weighted by Gasteiger charge is -2.34. The van der Waals surface area contributed by atoms with Gasteiger partial charge in [-0.15, -0.1) is 0 Å². The Balaban J connectivity index is 1.45. The molecule has 0 saturated carbocycles. The fraction of sp³-hybridized carbons (Fsp3) is 0.611. The van der Waals surface area contributed by atoms with Gasteiger partial charge in [0.15, 0.2) is 0 Å². The number of hydrogen-bond donors (Lipinski definition) is 2. The number of benzene rings is 1. The number of carbonyl (C=O) groups excluding carboxylic acids is 1. The molecule has 2 saturated heterocycles. The second-order valence-electron chi connectivity index (χ2n) is 6.82.